The number of carbonyl (C=O) groups excluding carboxylic acids is 1. The van der Waals surface area contributed by atoms with Crippen molar-refractivity contribution in [2.45, 2.75) is 13.0 Å². The lowest BCUT2D eigenvalue weighted by Gasteiger charge is -2.21. The quantitative estimate of drug-likeness (QED) is 0.664. The van der Waals surface area contributed by atoms with Gasteiger partial charge in [-0.1, -0.05) is 60.7 Å². The van der Waals surface area contributed by atoms with Gasteiger partial charge in [0, 0.05) is 38.7 Å². The van der Waals surface area contributed by atoms with E-state index in [9.17, 15) is 4.79 Å². The Labute approximate surface area is 132 Å². The Hall–Kier alpha value is -1.97. The molecule has 0 aromatic heterocycles. The monoisotopic (exact) mass is 297 g/mol. The number of benzene rings is 2. The largest absolute Gasteiger partial charge is 0.383 e. The van der Waals surface area contributed by atoms with Gasteiger partial charge in [0.25, 0.3) is 0 Å². The SMILES string of the molecule is COCCN(CCC(=O)c1ccccc1)Cc1ccccc1. The number of nitrogens with zero attached hydrogens (tertiary/aromatic N) is 1. The first-order valence-corrected chi connectivity index (χ1v) is 7.63. The van der Waals surface area contributed by atoms with Crippen molar-refractivity contribution in [1.29, 1.82) is 0 Å². The molecule has 2 rings (SSSR count). The molecule has 0 bridgehead atoms. The summed E-state index contributed by atoms with van der Waals surface area (Å²) < 4.78 is 5.17. The molecule has 2 aromatic rings. The number of methoxy groups -OCH3 is 1. The van der Waals surface area contributed by atoms with Crippen molar-refractivity contribution in [3.63, 3.8) is 0 Å². The van der Waals surface area contributed by atoms with Crippen molar-refractivity contribution in [2.75, 3.05) is 26.8 Å². The maximum absolute atomic E-state index is 12.2. The Morgan fingerprint density at radius 2 is 1.59 bits per heavy atom. The standard InChI is InChI=1S/C19H23NO2/c1-22-15-14-20(16-17-8-4-2-5-9-17)13-12-19(21)18-10-6-3-7-11-18/h2-11H,12-16H2,1H3. The van der Waals surface area contributed by atoms with Crippen molar-refractivity contribution in [1.82, 2.24) is 4.90 Å². The number of hydrogen-bond donors (Lipinski definition) is 0. The number of rotatable bonds is 9. The third-order valence-corrected chi connectivity index (χ3v) is 3.61. The minimum Gasteiger partial charge on any atom is -0.383 e. The Bertz CT molecular complexity index is 554. The van der Waals surface area contributed by atoms with Crippen LogP contribution in [0.3, 0.4) is 0 Å². The molecule has 3 heteroatoms. The highest BCUT2D eigenvalue weighted by molar-refractivity contribution is 5.96. The van der Waals surface area contributed by atoms with Crippen LogP contribution in [0.15, 0.2) is 60.7 Å². The van der Waals surface area contributed by atoms with Gasteiger partial charge in [-0.25, -0.2) is 0 Å². The van der Waals surface area contributed by atoms with Gasteiger partial charge in [0.1, 0.15) is 0 Å². The van der Waals surface area contributed by atoms with Crippen molar-refractivity contribution >= 4 is 5.78 Å². The smallest absolute Gasteiger partial charge is 0.164 e. The molecule has 22 heavy (non-hydrogen) atoms. The van der Waals surface area contributed by atoms with Crippen LogP contribution in [0.2, 0.25) is 0 Å². The molecule has 0 aliphatic carbocycles. The van der Waals surface area contributed by atoms with Crippen molar-refractivity contribution < 1.29 is 9.53 Å². The van der Waals surface area contributed by atoms with Gasteiger partial charge in [-0.3, -0.25) is 9.69 Å². The second kappa shape index (κ2) is 9.13. The maximum atomic E-state index is 12.2. The van der Waals surface area contributed by atoms with E-state index in [1.807, 2.05) is 48.5 Å². The van der Waals surface area contributed by atoms with Crippen LogP contribution in [0.25, 0.3) is 0 Å². The Morgan fingerprint density at radius 3 is 2.23 bits per heavy atom. The van der Waals surface area contributed by atoms with Crippen LogP contribution in [0, 0.1) is 0 Å². The highest BCUT2D eigenvalue weighted by Gasteiger charge is 2.10. The fourth-order valence-corrected chi connectivity index (χ4v) is 2.36. The molecule has 0 N–H and O–H groups in total. The van der Waals surface area contributed by atoms with E-state index in [-0.39, 0.29) is 5.78 Å². The number of hydrogen-bond acceptors (Lipinski definition) is 3. The Balaban J connectivity index is 1.90. The summed E-state index contributed by atoms with van der Waals surface area (Å²) in [4.78, 5) is 14.5. The molecule has 0 fully saturated rings. The van der Waals surface area contributed by atoms with Crippen molar-refractivity contribution in [2.24, 2.45) is 0 Å². The van der Waals surface area contributed by atoms with Crippen LogP contribution < -0.4 is 0 Å². The topological polar surface area (TPSA) is 29.5 Å². The summed E-state index contributed by atoms with van der Waals surface area (Å²) in [5.74, 6) is 0.191. The van der Waals surface area contributed by atoms with Gasteiger partial charge in [-0.2, -0.15) is 0 Å². The van der Waals surface area contributed by atoms with Gasteiger partial charge in [-0.05, 0) is 5.56 Å². The zero-order valence-corrected chi connectivity index (χ0v) is 13.1. The molecule has 0 aliphatic heterocycles. The van der Waals surface area contributed by atoms with Gasteiger partial charge in [0.05, 0.1) is 6.61 Å². The van der Waals surface area contributed by atoms with Crippen LogP contribution in [0.4, 0.5) is 0 Å². The van der Waals surface area contributed by atoms with Crippen molar-refractivity contribution in [3.05, 3.63) is 71.8 Å². The summed E-state index contributed by atoms with van der Waals surface area (Å²) in [6.45, 7) is 3.08. The van der Waals surface area contributed by atoms with Crippen LogP contribution in [0.5, 0.6) is 0 Å². The molecule has 0 unspecified atom stereocenters. The first-order valence-electron chi connectivity index (χ1n) is 7.63. The molecule has 0 spiro atoms. The summed E-state index contributed by atoms with van der Waals surface area (Å²) in [6.07, 6.45) is 0.528. The highest BCUT2D eigenvalue weighted by Crippen LogP contribution is 2.08. The van der Waals surface area contributed by atoms with Crippen LogP contribution in [0.1, 0.15) is 22.3 Å². The fraction of sp³-hybridized carbons (Fsp3) is 0.316. The van der Waals surface area contributed by atoms with E-state index in [1.165, 1.54) is 5.56 Å². The molecule has 0 aliphatic rings. The average Bonchev–Trinajstić information content (AvgIpc) is 2.58. The van der Waals surface area contributed by atoms with Gasteiger partial charge < -0.3 is 4.74 Å². The summed E-state index contributed by atoms with van der Waals surface area (Å²) in [7, 11) is 1.70. The molecule has 2 aromatic carbocycles. The molecule has 0 heterocycles. The van der Waals surface area contributed by atoms with E-state index >= 15 is 0 Å². The molecule has 0 saturated carbocycles. The molecule has 0 radical (unpaired) electrons. The second-order valence-corrected chi connectivity index (χ2v) is 5.29. The van der Waals surface area contributed by atoms with Crippen LogP contribution in [-0.2, 0) is 11.3 Å². The van der Waals surface area contributed by atoms with E-state index in [0.29, 0.717) is 13.0 Å². The van der Waals surface area contributed by atoms with E-state index in [1.54, 1.807) is 7.11 Å². The molecule has 116 valence electrons. The van der Waals surface area contributed by atoms with Gasteiger partial charge >= 0.3 is 0 Å². The normalized spacial score (nSPS) is 10.8. The predicted octanol–water partition coefficient (Wildman–Crippen LogP) is 3.41. The maximum Gasteiger partial charge on any atom is 0.164 e. The Kier molecular flexibility index (Phi) is 6.81. The summed E-state index contributed by atoms with van der Waals surface area (Å²) >= 11 is 0. The number of carbonyl (C=O) groups is 1. The summed E-state index contributed by atoms with van der Waals surface area (Å²) in [6, 6.07) is 19.8. The Morgan fingerprint density at radius 1 is 0.955 bits per heavy atom. The molecule has 0 saturated heterocycles. The van der Waals surface area contributed by atoms with Gasteiger partial charge in [-0.15, -0.1) is 0 Å². The number of ether oxygens (including phenoxy) is 1. The van der Waals surface area contributed by atoms with E-state index in [0.717, 1.165) is 25.2 Å². The molecule has 0 atom stereocenters. The lowest BCUT2D eigenvalue weighted by Crippen LogP contribution is -2.29. The fourth-order valence-electron chi connectivity index (χ4n) is 2.36. The van der Waals surface area contributed by atoms with Gasteiger partial charge in [0.2, 0.25) is 0 Å². The van der Waals surface area contributed by atoms with E-state index in [4.69, 9.17) is 4.74 Å². The predicted molar refractivity (Wildman–Crippen MR) is 89.0 cm³/mol. The number of ketones is 1. The highest BCUT2D eigenvalue weighted by atomic mass is 16.5. The minimum atomic E-state index is 0.191. The zero-order valence-electron chi connectivity index (χ0n) is 13.1. The van der Waals surface area contributed by atoms with Gasteiger partial charge in [0.15, 0.2) is 5.78 Å². The molecule has 0 amide bonds. The average molecular weight is 297 g/mol. The summed E-state index contributed by atoms with van der Waals surface area (Å²) in [5, 5.41) is 0. The lowest BCUT2D eigenvalue weighted by atomic mass is 10.1. The first kappa shape index (κ1) is 16.4. The summed E-state index contributed by atoms with van der Waals surface area (Å²) in [5.41, 5.74) is 2.04. The van der Waals surface area contributed by atoms with E-state index < -0.39 is 0 Å². The third-order valence-electron chi connectivity index (χ3n) is 3.61. The molecule has 3 nitrogen and oxygen atoms in total. The van der Waals surface area contributed by atoms with E-state index in [2.05, 4.69) is 17.0 Å². The second-order valence-electron chi connectivity index (χ2n) is 5.29. The molecular weight excluding hydrogens is 274 g/mol. The van der Waals surface area contributed by atoms with Crippen LogP contribution in [-0.4, -0.2) is 37.5 Å². The zero-order chi connectivity index (χ0) is 15.6. The third kappa shape index (κ3) is 5.43. The number of Topliss-reactive ketones (excluding diaryl/α,β-unsaturated/α-hetero) is 1. The first-order chi connectivity index (χ1) is 10.8. The minimum absolute atomic E-state index is 0.191. The lowest BCUT2D eigenvalue weighted by molar-refractivity contribution is 0.0945. The molecular formula is C19H23NO2. The van der Waals surface area contributed by atoms with Crippen LogP contribution >= 0.6 is 0 Å². The van der Waals surface area contributed by atoms with Crippen molar-refractivity contribution in [3.8, 4) is 0 Å².